The molecule has 0 bridgehead atoms. The summed E-state index contributed by atoms with van der Waals surface area (Å²) >= 11 is 0. The van der Waals surface area contributed by atoms with Gasteiger partial charge in [-0.3, -0.25) is 9.89 Å². The molecular weight excluding hydrogens is 250 g/mol. The molecule has 4 heteroatoms. The molecule has 4 nitrogen and oxygen atoms in total. The van der Waals surface area contributed by atoms with E-state index in [2.05, 4.69) is 15.5 Å². The summed E-state index contributed by atoms with van der Waals surface area (Å²) in [7, 11) is 0. The molecule has 1 heterocycles. The SMILES string of the molecule is Cc1cccc(C)c1NC(=O)c1n[nH]c2ccccc12. The van der Waals surface area contributed by atoms with Crippen molar-refractivity contribution >= 4 is 22.5 Å². The second-order valence-corrected chi connectivity index (χ2v) is 4.84. The Morgan fingerprint density at radius 2 is 1.75 bits per heavy atom. The zero-order chi connectivity index (χ0) is 14.1. The van der Waals surface area contributed by atoms with Crippen molar-refractivity contribution in [3.8, 4) is 0 Å². The van der Waals surface area contributed by atoms with Crippen LogP contribution in [0.1, 0.15) is 21.6 Å². The van der Waals surface area contributed by atoms with Crippen molar-refractivity contribution in [1.82, 2.24) is 10.2 Å². The van der Waals surface area contributed by atoms with Gasteiger partial charge in [-0.1, -0.05) is 36.4 Å². The van der Waals surface area contributed by atoms with Gasteiger partial charge in [0, 0.05) is 11.1 Å². The molecule has 100 valence electrons. The molecular formula is C16H15N3O. The fraction of sp³-hybridized carbons (Fsp3) is 0.125. The monoisotopic (exact) mass is 265 g/mol. The fourth-order valence-electron chi connectivity index (χ4n) is 2.32. The molecule has 0 aliphatic rings. The zero-order valence-corrected chi connectivity index (χ0v) is 11.4. The zero-order valence-electron chi connectivity index (χ0n) is 11.4. The minimum Gasteiger partial charge on any atom is -0.320 e. The highest BCUT2D eigenvalue weighted by molar-refractivity contribution is 6.11. The van der Waals surface area contributed by atoms with Gasteiger partial charge in [0.15, 0.2) is 5.69 Å². The normalized spacial score (nSPS) is 10.7. The van der Waals surface area contributed by atoms with Gasteiger partial charge in [0.25, 0.3) is 5.91 Å². The van der Waals surface area contributed by atoms with Crippen LogP contribution in [0.2, 0.25) is 0 Å². The number of nitrogens with one attached hydrogen (secondary N) is 2. The molecule has 1 aromatic heterocycles. The summed E-state index contributed by atoms with van der Waals surface area (Å²) < 4.78 is 0. The van der Waals surface area contributed by atoms with Crippen LogP contribution in [0, 0.1) is 13.8 Å². The van der Waals surface area contributed by atoms with Gasteiger partial charge in [0.1, 0.15) is 0 Å². The smallest absolute Gasteiger partial charge is 0.276 e. The summed E-state index contributed by atoms with van der Waals surface area (Å²) in [6, 6.07) is 13.5. The minimum atomic E-state index is -0.195. The van der Waals surface area contributed by atoms with Crippen LogP contribution in [-0.2, 0) is 0 Å². The van der Waals surface area contributed by atoms with Crippen molar-refractivity contribution in [2.45, 2.75) is 13.8 Å². The van der Waals surface area contributed by atoms with Crippen LogP contribution < -0.4 is 5.32 Å². The molecule has 2 N–H and O–H groups in total. The van der Waals surface area contributed by atoms with Gasteiger partial charge in [-0.15, -0.1) is 0 Å². The maximum Gasteiger partial charge on any atom is 0.276 e. The van der Waals surface area contributed by atoms with Crippen LogP contribution in [-0.4, -0.2) is 16.1 Å². The Morgan fingerprint density at radius 1 is 1.05 bits per heavy atom. The second kappa shape index (κ2) is 4.81. The molecule has 0 fully saturated rings. The lowest BCUT2D eigenvalue weighted by atomic mass is 10.1. The van der Waals surface area contributed by atoms with Gasteiger partial charge in [-0.2, -0.15) is 5.10 Å². The third-order valence-corrected chi connectivity index (χ3v) is 3.41. The summed E-state index contributed by atoms with van der Waals surface area (Å²) in [5.74, 6) is -0.195. The van der Waals surface area contributed by atoms with Gasteiger partial charge >= 0.3 is 0 Å². The van der Waals surface area contributed by atoms with Crippen molar-refractivity contribution in [2.75, 3.05) is 5.32 Å². The first kappa shape index (κ1) is 12.4. The lowest BCUT2D eigenvalue weighted by molar-refractivity contribution is 0.102. The number of carbonyl (C=O) groups is 1. The number of aromatic nitrogens is 2. The Kier molecular flexibility index (Phi) is 2.99. The molecule has 3 aromatic rings. The Morgan fingerprint density at radius 3 is 2.50 bits per heavy atom. The number of fused-ring (bicyclic) bond motifs is 1. The van der Waals surface area contributed by atoms with E-state index in [-0.39, 0.29) is 5.91 Å². The number of aryl methyl sites for hydroxylation is 2. The number of aromatic amines is 1. The molecule has 0 atom stereocenters. The molecule has 0 spiro atoms. The van der Waals surface area contributed by atoms with Gasteiger partial charge in [0.05, 0.1) is 5.52 Å². The first-order valence-corrected chi connectivity index (χ1v) is 6.47. The molecule has 0 saturated heterocycles. The number of nitrogens with zero attached hydrogens (tertiary/aromatic N) is 1. The lowest BCUT2D eigenvalue weighted by Crippen LogP contribution is -2.14. The predicted octanol–water partition coefficient (Wildman–Crippen LogP) is 3.43. The molecule has 1 amide bonds. The number of hydrogen-bond donors (Lipinski definition) is 2. The van der Waals surface area contributed by atoms with Crippen molar-refractivity contribution in [1.29, 1.82) is 0 Å². The van der Waals surface area contributed by atoms with Gasteiger partial charge < -0.3 is 5.32 Å². The summed E-state index contributed by atoms with van der Waals surface area (Å²) in [5.41, 5.74) is 4.21. The van der Waals surface area contributed by atoms with Crippen LogP contribution in [0.3, 0.4) is 0 Å². The maximum absolute atomic E-state index is 12.4. The first-order valence-electron chi connectivity index (χ1n) is 6.47. The van der Waals surface area contributed by atoms with Crippen LogP contribution in [0.4, 0.5) is 5.69 Å². The lowest BCUT2D eigenvalue weighted by Gasteiger charge is -2.10. The second-order valence-electron chi connectivity index (χ2n) is 4.84. The molecule has 0 saturated carbocycles. The quantitative estimate of drug-likeness (QED) is 0.745. The van der Waals surface area contributed by atoms with Crippen molar-refractivity contribution < 1.29 is 4.79 Å². The van der Waals surface area contributed by atoms with E-state index >= 15 is 0 Å². The Bertz CT molecular complexity index is 769. The highest BCUT2D eigenvalue weighted by atomic mass is 16.1. The van der Waals surface area contributed by atoms with Crippen molar-refractivity contribution in [3.63, 3.8) is 0 Å². The topological polar surface area (TPSA) is 57.8 Å². The van der Waals surface area contributed by atoms with E-state index in [4.69, 9.17) is 0 Å². The van der Waals surface area contributed by atoms with Gasteiger partial charge in [0.2, 0.25) is 0 Å². The number of anilines is 1. The third kappa shape index (κ3) is 2.05. The molecule has 0 aliphatic heterocycles. The standard InChI is InChI=1S/C16H15N3O/c1-10-6-5-7-11(2)14(10)17-16(20)15-12-8-3-4-9-13(12)18-19-15/h3-9H,1-2H3,(H,17,20)(H,18,19). The molecule has 2 aromatic carbocycles. The number of benzene rings is 2. The minimum absolute atomic E-state index is 0.195. The van der Waals surface area contributed by atoms with Crippen LogP contribution in [0.15, 0.2) is 42.5 Å². The van der Waals surface area contributed by atoms with Crippen LogP contribution in [0.5, 0.6) is 0 Å². The molecule has 3 rings (SSSR count). The average Bonchev–Trinajstić information content (AvgIpc) is 2.87. The Labute approximate surface area is 116 Å². The van der Waals surface area contributed by atoms with Crippen molar-refractivity contribution in [3.05, 3.63) is 59.3 Å². The van der Waals surface area contributed by atoms with Crippen molar-refractivity contribution in [2.24, 2.45) is 0 Å². The summed E-state index contributed by atoms with van der Waals surface area (Å²) in [5, 5.41) is 10.8. The summed E-state index contributed by atoms with van der Waals surface area (Å²) in [4.78, 5) is 12.4. The van der Waals surface area contributed by atoms with Crippen LogP contribution in [0.25, 0.3) is 10.9 Å². The molecule has 0 unspecified atom stereocenters. The Hall–Kier alpha value is -2.62. The number of hydrogen-bond acceptors (Lipinski definition) is 2. The predicted molar refractivity (Wildman–Crippen MR) is 80.0 cm³/mol. The number of carbonyl (C=O) groups excluding carboxylic acids is 1. The number of H-pyrrole nitrogens is 1. The highest BCUT2D eigenvalue weighted by Gasteiger charge is 2.15. The fourth-order valence-corrected chi connectivity index (χ4v) is 2.32. The van der Waals surface area contributed by atoms with Crippen LogP contribution >= 0.6 is 0 Å². The maximum atomic E-state index is 12.4. The molecule has 20 heavy (non-hydrogen) atoms. The number of para-hydroxylation sites is 2. The van der Waals surface area contributed by atoms with E-state index in [9.17, 15) is 4.79 Å². The van der Waals surface area contributed by atoms with E-state index < -0.39 is 0 Å². The Balaban J connectivity index is 1.98. The van der Waals surface area contributed by atoms with E-state index in [1.165, 1.54) is 0 Å². The first-order chi connectivity index (χ1) is 9.66. The molecule has 0 aliphatic carbocycles. The third-order valence-electron chi connectivity index (χ3n) is 3.41. The largest absolute Gasteiger partial charge is 0.320 e. The van der Waals surface area contributed by atoms with E-state index in [1.807, 2.05) is 56.3 Å². The summed E-state index contributed by atoms with van der Waals surface area (Å²) in [6.07, 6.45) is 0. The highest BCUT2D eigenvalue weighted by Crippen LogP contribution is 2.22. The van der Waals surface area contributed by atoms with Gasteiger partial charge in [-0.25, -0.2) is 0 Å². The molecule has 0 radical (unpaired) electrons. The van der Waals surface area contributed by atoms with Gasteiger partial charge in [-0.05, 0) is 31.0 Å². The van der Waals surface area contributed by atoms with E-state index in [0.29, 0.717) is 5.69 Å². The van der Waals surface area contributed by atoms with E-state index in [0.717, 1.165) is 27.7 Å². The number of rotatable bonds is 2. The van der Waals surface area contributed by atoms with E-state index in [1.54, 1.807) is 0 Å². The average molecular weight is 265 g/mol. The summed E-state index contributed by atoms with van der Waals surface area (Å²) in [6.45, 7) is 3.95. The number of amides is 1.